The highest BCUT2D eigenvalue weighted by molar-refractivity contribution is 6.31. The summed E-state index contributed by atoms with van der Waals surface area (Å²) in [5.41, 5.74) is -1.19. The number of nitro benzene ring substituents is 1. The van der Waals surface area contributed by atoms with E-state index in [9.17, 15) is 23.3 Å². The second kappa shape index (κ2) is 3.21. The van der Waals surface area contributed by atoms with E-state index >= 15 is 0 Å². The lowest BCUT2D eigenvalue weighted by Crippen LogP contribution is -1.97. The van der Waals surface area contributed by atoms with E-state index in [4.69, 9.17) is 11.6 Å². The molecule has 0 aliphatic carbocycles. The van der Waals surface area contributed by atoms with Gasteiger partial charge in [-0.15, -0.1) is 0 Å². The lowest BCUT2D eigenvalue weighted by molar-refractivity contribution is -0.387. The SMILES string of the molecule is O=[N+]([O-])c1cc(F)c(F)c(Cl)c1F. The van der Waals surface area contributed by atoms with Crippen molar-refractivity contribution in [1.82, 2.24) is 0 Å². The fourth-order valence-corrected chi connectivity index (χ4v) is 0.880. The Balaban J connectivity index is 3.50. The summed E-state index contributed by atoms with van der Waals surface area (Å²) >= 11 is 4.94. The largest absolute Gasteiger partial charge is 0.309 e. The lowest BCUT2D eigenvalue weighted by atomic mass is 10.3. The Morgan fingerprint density at radius 2 is 1.85 bits per heavy atom. The van der Waals surface area contributed by atoms with Gasteiger partial charge < -0.3 is 0 Å². The van der Waals surface area contributed by atoms with Gasteiger partial charge in [0, 0.05) is 0 Å². The Kier molecular flexibility index (Phi) is 2.42. The molecular weight excluding hydrogens is 211 g/mol. The van der Waals surface area contributed by atoms with Crippen molar-refractivity contribution in [3.05, 3.63) is 38.7 Å². The van der Waals surface area contributed by atoms with Crippen molar-refractivity contribution in [2.75, 3.05) is 0 Å². The highest BCUT2D eigenvalue weighted by Gasteiger charge is 2.24. The summed E-state index contributed by atoms with van der Waals surface area (Å²) in [4.78, 5) is 8.86. The number of nitro groups is 1. The first-order valence-corrected chi connectivity index (χ1v) is 3.30. The van der Waals surface area contributed by atoms with Gasteiger partial charge in [0.1, 0.15) is 5.02 Å². The van der Waals surface area contributed by atoms with Gasteiger partial charge in [0.25, 0.3) is 0 Å². The summed E-state index contributed by atoms with van der Waals surface area (Å²) in [6, 6.07) is 0.135. The fourth-order valence-electron chi connectivity index (χ4n) is 0.693. The van der Waals surface area contributed by atoms with Gasteiger partial charge in [-0.2, -0.15) is 4.39 Å². The molecule has 0 heterocycles. The zero-order valence-electron chi connectivity index (χ0n) is 5.85. The molecule has 7 heteroatoms. The summed E-state index contributed by atoms with van der Waals surface area (Å²) in [5, 5.41) is 8.84. The van der Waals surface area contributed by atoms with Crippen LogP contribution < -0.4 is 0 Å². The predicted octanol–water partition coefficient (Wildman–Crippen LogP) is 2.67. The zero-order valence-corrected chi connectivity index (χ0v) is 6.61. The number of rotatable bonds is 1. The molecule has 70 valence electrons. The summed E-state index contributed by atoms with van der Waals surface area (Å²) in [5.74, 6) is -4.77. The van der Waals surface area contributed by atoms with Crippen molar-refractivity contribution < 1.29 is 18.1 Å². The average molecular weight is 212 g/mol. The first kappa shape index (κ1) is 9.79. The molecule has 0 bridgehead atoms. The number of hydrogen-bond donors (Lipinski definition) is 0. The standard InChI is InChI=1S/C6HClF3NO2/c7-4-5(9)2(8)1-3(6(4)10)11(12)13/h1H. The van der Waals surface area contributed by atoms with Crippen LogP contribution in [0.3, 0.4) is 0 Å². The Hall–Kier alpha value is -1.30. The average Bonchev–Trinajstić information content (AvgIpc) is 2.07. The van der Waals surface area contributed by atoms with Crippen LogP contribution in [0.2, 0.25) is 5.02 Å². The number of benzene rings is 1. The van der Waals surface area contributed by atoms with Crippen molar-refractivity contribution in [1.29, 1.82) is 0 Å². The quantitative estimate of drug-likeness (QED) is 0.310. The van der Waals surface area contributed by atoms with Crippen molar-refractivity contribution in [3.8, 4) is 0 Å². The van der Waals surface area contributed by atoms with Gasteiger partial charge in [0.2, 0.25) is 5.82 Å². The Morgan fingerprint density at radius 1 is 1.31 bits per heavy atom. The molecule has 0 saturated carbocycles. The molecule has 0 spiro atoms. The van der Waals surface area contributed by atoms with Crippen LogP contribution in [0, 0.1) is 27.6 Å². The first-order valence-electron chi connectivity index (χ1n) is 2.92. The number of nitrogens with zero attached hydrogens (tertiary/aromatic N) is 1. The molecule has 13 heavy (non-hydrogen) atoms. The Bertz CT molecular complexity index is 383. The maximum absolute atomic E-state index is 12.7. The van der Waals surface area contributed by atoms with E-state index in [1.54, 1.807) is 0 Å². The molecule has 3 nitrogen and oxygen atoms in total. The van der Waals surface area contributed by atoms with Crippen LogP contribution in [-0.4, -0.2) is 4.92 Å². The third-order valence-corrected chi connectivity index (χ3v) is 1.61. The van der Waals surface area contributed by atoms with Gasteiger partial charge in [-0.05, 0) is 0 Å². The molecule has 0 saturated heterocycles. The molecule has 0 N–H and O–H groups in total. The summed E-state index contributed by atoms with van der Waals surface area (Å²) < 4.78 is 37.6. The van der Waals surface area contributed by atoms with E-state index in [-0.39, 0.29) is 6.07 Å². The molecule has 0 aliphatic rings. The van der Waals surface area contributed by atoms with Crippen molar-refractivity contribution >= 4 is 17.3 Å². The third-order valence-electron chi connectivity index (χ3n) is 1.28. The van der Waals surface area contributed by atoms with E-state index in [1.165, 1.54) is 0 Å². The third kappa shape index (κ3) is 1.57. The molecule has 1 aromatic rings. The predicted molar refractivity (Wildman–Crippen MR) is 38.0 cm³/mol. The second-order valence-electron chi connectivity index (χ2n) is 2.08. The molecule has 0 aromatic heterocycles. The van der Waals surface area contributed by atoms with Crippen LogP contribution in [0.1, 0.15) is 0 Å². The van der Waals surface area contributed by atoms with Gasteiger partial charge in [0.15, 0.2) is 11.6 Å². The zero-order chi connectivity index (χ0) is 10.2. The summed E-state index contributed by atoms with van der Waals surface area (Å²) in [6.45, 7) is 0. The second-order valence-corrected chi connectivity index (χ2v) is 2.45. The van der Waals surface area contributed by atoms with E-state index < -0.39 is 33.1 Å². The van der Waals surface area contributed by atoms with Crippen molar-refractivity contribution in [2.24, 2.45) is 0 Å². The molecule has 0 radical (unpaired) electrons. The van der Waals surface area contributed by atoms with Crippen LogP contribution in [0.15, 0.2) is 6.07 Å². The monoisotopic (exact) mass is 211 g/mol. The minimum atomic E-state index is -1.63. The van der Waals surface area contributed by atoms with Crippen molar-refractivity contribution in [3.63, 3.8) is 0 Å². The molecule has 1 rings (SSSR count). The van der Waals surface area contributed by atoms with Crippen LogP contribution >= 0.6 is 11.6 Å². The molecule has 0 fully saturated rings. The molecule has 0 amide bonds. The molecule has 0 atom stereocenters. The maximum atomic E-state index is 12.7. The Morgan fingerprint density at radius 3 is 2.31 bits per heavy atom. The van der Waals surface area contributed by atoms with Gasteiger partial charge in [-0.1, -0.05) is 11.6 Å². The van der Waals surface area contributed by atoms with Gasteiger partial charge in [-0.3, -0.25) is 10.1 Å². The molecule has 1 aromatic carbocycles. The van der Waals surface area contributed by atoms with Crippen molar-refractivity contribution in [2.45, 2.75) is 0 Å². The van der Waals surface area contributed by atoms with Gasteiger partial charge >= 0.3 is 5.69 Å². The van der Waals surface area contributed by atoms with Crippen LogP contribution in [0.5, 0.6) is 0 Å². The first-order chi connectivity index (χ1) is 5.95. The minimum Gasteiger partial charge on any atom is -0.258 e. The normalized spacial score (nSPS) is 10.2. The minimum absolute atomic E-state index is 0.135. The van der Waals surface area contributed by atoms with Gasteiger partial charge in [-0.25, -0.2) is 8.78 Å². The van der Waals surface area contributed by atoms with Gasteiger partial charge in [0.05, 0.1) is 11.0 Å². The van der Waals surface area contributed by atoms with Crippen LogP contribution in [-0.2, 0) is 0 Å². The fraction of sp³-hybridized carbons (Fsp3) is 0. The smallest absolute Gasteiger partial charge is 0.258 e. The van der Waals surface area contributed by atoms with Crippen LogP contribution in [0.4, 0.5) is 18.9 Å². The maximum Gasteiger partial charge on any atom is 0.309 e. The molecule has 0 aliphatic heterocycles. The van der Waals surface area contributed by atoms with E-state index in [0.717, 1.165) is 0 Å². The highest BCUT2D eigenvalue weighted by atomic mass is 35.5. The summed E-state index contributed by atoms with van der Waals surface area (Å²) in [7, 11) is 0. The highest BCUT2D eigenvalue weighted by Crippen LogP contribution is 2.28. The van der Waals surface area contributed by atoms with Crippen LogP contribution in [0.25, 0.3) is 0 Å². The number of hydrogen-bond acceptors (Lipinski definition) is 2. The number of halogens is 4. The molecule has 0 unspecified atom stereocenters. The molecular formula is C6HClF3NO2. The van der Waals surface area contributed by atoms with E-state index in [2.05, 4.69) is 0 Å². The van der Waals surface area contributed by atoms with E-state index in [0.29, 0.717) is 0 Å². The summed E-state index contributed by atoms with van der Waals surface area (Å²) in [6.07, 6.45) is 0. The topological polar surface area (TPSA) is 43.1 Å². The Labute approximate surface area is 74.9 Å². The lowest BCUT2D eigenvalue weighted by Gasteiger charge is -1.98. The van der Waals surface area contributed by atoms with E-state index in [1.807, 2.05) is 0 Å².